The molecular formula is C6H4N5O. The molecule has 0 aliphatic rings. The SMILES string of the molecule is [NH]C(=O)c1ncc2[nH]ncc2n1. The molecule has 0 saturated carbocycles. The van der Waals surface area contributed by atoms with Crippen molar-refractivity contribution >= 4 is 16.9 Å². The maximum absolute atomic E-state index is 10.5. The van der Waals surface area contributed by atoms with Gasteiger partial charge in [-0.05, 0) is 0 Å². The zero-order chi connectivity index (χ0) is 8.55. The molecule has 2 heterocycles. The molecule has 0 bridgehead atoms. The van der Waals surface area contributed by atoms with E-state index in [4.69, 9.17) is 5.73 Å². The van der Waals surface area contributed by atoms with E-state index in [1.165, 1.54) is 12.4 Å². The second-order valence-electron chi connectivity index (χ2n) is 2.19. The van der Waals surface area contributed by atoms with E-state index >= 15 is 0 Å². The first kappa shape index (κ1) is 6.71. The standard InChI is InChI=1S/C6H4N5O/c7-5(12)6-8-1-4-3(10-6)2-9-11-4/h1-2,7H,(H,9,11). The molecule has 0 aliphatic carbocycles. The lowest BCUT2D eigenvalue weighted by atomic mass is 10.4. The fourth-order valence-electron chi connectivity index (χ4n) is 0.852. The van der Waals surface area contributed by atoms with Gasteiger partial charge < -0.3 is 0 Å². The molecule has 2 N–H and O–H groups in total. The van der Waals surface area contributed by atoms with E-state index in [0.717, 1.165) is 0 Å². The van der Waals surface area contributed by atoms with Gasteiger partial charge in [0.1, 0.15) is 11.0 Å². The zero-order valence-corrected chi connectivity index (χ0v) is 5.90. The Labute approximate surface area is 66.8 Å². The number of hydrogen-bond acceptors (Lipinski definition) is 4. The van der Waals surface area contributed by atoms with Gasteiger partial charge in [-0.3, -0.25) is 15.6 Å². The average molecular weight is 162 g/mol. The number of aromatic nitrogens is 4. The summed E-state index contributed by atoms with van der Waals surface area (Å²) in [4.78, 5) is 18.0. The highest BCUT2D eigenvalue weighted by atomic mass is 16.1. The first-order valence-electron chi connectivity index (χ1n) is 3.19. The Morgan fingerprint density at radius 3 is 3.08 bits per heavy atom. The third kappa shape index (κ3) is 0.895. The maximum Gasteiger partial charge on any atom is 0.307 e. The second kappa shape index (κ2) is 2.26. The van der Waals surface area contributed by atoms with Crippen LogP contribution >= 0.6 is 0 Å². The molecule has 2 aromatic rings. The Morgan fingerprint density at radius 1 is 1.50 bits per heavy atom. The van der Waals surface area contributed by atoms with Crippen LogP contribution in [0.2, 0.25) is 0 Å². The number of nitrogens with zero attached hydrogens (tertiary/aromatic N) is 3. The number of fused-ring (bicyclic) bond motifs is 1. The Kier molecular flexibility index (Phi) is 1.26. The molecule has 2 rings (SSSR count). The molecule has 0 aromatic carbocycles. The number of carbonyl (C=O) groups is 1. The normalized spacial score (nSPS) is 10.3. The molecule has 6 nitrogen and oxygen atoms in total. The molecule has 12 heavy (non-hydrogen) atoms. The van der Waals surface area contributed by atoms with E-state index in [2.05, 4.69) is 20.2 Å². The Bertz CT molecular complexity index is 434. The minimum Gasteiger partial charge on any atom is -0.275 e. The number of H-pyrrole nitrogens is 1. The van der Waals surface area contributed by atoms with Crippen molar-refractivity contribution in [2.24, 2.45) is 0 Å². The minimum absolute atomic E-state index is 0.107. The summed E-state index contributed by atoms with van der Waals surface area (Å²) < 4.78 is 0. The van der Waals surface area contributed by atoms with Crippen LogP contribution in [0.1, 0.15) is 10.6 Å². The van der Waals surface area contributed by atoms with Crippen LogP contribution in [0.25, 0.3) is 11.0 Å². The fourth-order valence-corrected chi connectivity index (χ4v) is 0.852. The number of aromatic amines is 1. The highest BCUT2D eigenvalue weighted by Gasteiger charge is 2.06. The van der Waals surface area contributed by atoms with Gasteiger partial charge in [0.05, 0.1) is 12.4 Å². The predicted molar refractivity (Wildman–Crippen MR) is 39.1 cm³/mol. The van der Waals surface area contributed by atoms with Gasteiger partial charge in [0.25, 0.3) is 0 Å². The summed E-state index contributed by atoms with van der Waals surface area (Å²) in [5, 5.41) is 6.34. The smallest absolute Gasteiger partial charge is 0.275 e. The molecule has 1 amide bonds. The molecule has 0 aliphatic heterocycles. The minimum atomic E-state index is -0.891. The van der Waals surface area contributed by atoms with Gasteiger partial charge in [-0.25, -0.2) is 9.97 Å². The third-order valence-corrected chi connectivity index (χ3v) is 1.39. The average Bonchev–Trinajstić information content (AvgIpc) is 2.49. The summed E-state index contributed by atoms with van der Waals surface area (Å²) in [6, 6.07) is 0. The highest BCUT2D eigenvalue weighted by Crippen LogP contribution is 2.04. The van der Waals surface area contributed by atoms with Crippen LogP contribution in [-0.4, -0.2) is 26.1 Å². The summed E-state index contributed by atoms with van der Waals surface area (Å²) in [6.07, 6.45) is 2.90. The highest BCUT2D eigenvalue weighted by molar-refractivity contribution is 5.90. The van der Waals surface area contributed by atoms with Crippen molar-refractivity contribution in [2.75, 3.05) is 0 Å². The van der Waals surface area contributed by atoms with Crippen molar-refractivity contribution in [1.82, 2.24) is 25.9 Å². The van der Waals surface area contributed by atoms with Crippen molar-refractivity contribution < 1.29 is 4.79 Å². The summed E-state index contributed by atoms with van der Waals surface area (Å²) in [5.74, 6) is -0.998. The Hall–Kier alpha value is -1.98. The number of nitrogens with one attached hydrogen (secondary N) is 2. The monoisotopic (exact) mass is 162 g/mol. The summed E-state index contributed by atoms with van der Waals surface area (Å²) in [7, 11) is 0. The van der Waals surface area contributed by atoms with Crippen LogP contribution in [0.5, 0.6) is 0 Å². The van der Waals surface area contributed by atoms with Crippen molar-refractivity contribution in [2.45, 2.75) is 0 Å². The number of amides is 1. The zero-order valence-electron chi connectivity index (χ0n) is 5.90. The summed E-state index contributed by atoms with van der Waals surface area (Å²) >= 11 is 0. The fraction of sp³-hybridized carbons (Fsp3) is 0. The second-order valence-corrected chi connectivity index (χ2v) is 2.19. The lowest BCUT2D eigenvalue weighted by Gasteiger charge is -1.90. The molecule has 6 heteroatoms. The first-order chi connectivity index (χ1) is 5.77. The molecule has 1 radical (unpaired) electrons. The van der Waals surface area contributed by atoms with Crippen molar-refractivity contribution in [3.8, 4) is 0 Å². The lowest BCUT2D eigenvalue weighted by molar-refractivity contribution is 0.0982. The van der Waals surface area contributed by atoms with Crippen molar-refractivity contribution in [3.63, 3.8) is 0 Å². The number of rotatable bonds is 1. The molecule has 0 unspecified atom stereocenters. The van der Waals surface area contributed by atoms with Gasteiger partial charge in [-0.2, -0.15) is 5.10 Å². The van der Waals surface area contributed by atoms with Crippen LogP contribution in [0.3, 0.4) is 0 Å². The van der Waals surface area contributed by atoms with E-state index in [9.17, 15) is 4.79 Å². The molecule has 0 atom stereocenters. The van der Waals surface area contributed by atoms with E-state index < -0.39 is 5.91 Å². The lowest BCUT2D eigenvalue weighted by Crippen LogP contribution is -2.04. The third-order valence-electron chi connectivity index (χ3n) is 1.39. The topological polar surface area (TPSA) is 95.3 Å². The first-order valence-corrected chi connectivity index (χ1v) is 3.19. The Morgan fingerprint density at radius 2 is 2.33 bits per heavy atom. The number of hydrogen-bond donors (Lipinski definition) is 1. The predicted octanol–water partition coefficient (Wildman–Crippen LogP) is -0.224. The molecule has 0 saturated heterocycles. The van der Waals surface area contributed by atoms with Crippen LogP contribution in [0.15, 0.2) is 12.4 Å². The molecule has 2 aromatic heterocycles. The van der Waals surface area contributed by atoms with Crippen LogP contribution in [0.4, 0.5) is 0 Å². The number of carbonyl (C=O) groups excluding carboxylic acids is 1. The van der Waals surface area contributed by atoms with Crippen LogP contribution < -0.4 is 5.73 Å². The maximum atomic E-state index is 10.5. The van der Waals surface area contributed by atoms with Crippen molar-refractivity contribution in [3.05, 3.63) is 18.2 Å². The van der Waals surface area contributed by atoms with Gasteiger partial charge in [-0.1, -0.05) is 0 Å². The quantitative estimate of drug-likeness (QED) is 0.626. The van der Waals surface area contributed by atoms with Gasteiger partial charge in [-0.15, -0.1) is 0 Å². The van der Waals surface area contributed by atoms with E-state index in [1.807, 2.05) is 0 Å². The van der Waals surface area contributed by atoms with Crippen LogP contribution in [-0.2, 0) is 0 Å². The van der Waals surface area contributed by atoms with Gasteiger partial charge in [0.2, 0.25) is 5.82 Å². The van der Waals surface area contributed by atoms with Crippen molar-refractivity contribution in [1.29, 1.82) is 0 Å². The van der Waals surface area contributed by atoms with E-state index in [0.29, 0.717) is 11.0 Å². The van der Waals surface area contributed by atoms with Gasteiger partial charge in [0.15, 0.2) is 0 Å². The molecular weight excluding hydrogens is 158 g/mol. The summed E-state index contributed by atoms with van der Waals surface area (Å²) in [5.41, 5.74) is 7.95. The molecule has 59 valence electrons. The van der Waals surface area contributed by atoms with Crippen LogP contribution in [0, 0.1) is 0 Å². The Balaban J connectivity index is 2.68. The van der Waals surface area contributed by atoms with E-state index in [1.54, 1.807) is 0 Å². The van der Waals surface area contributed by atoms with E-state index in [-0.39, 0.29) is 5.82 Å². The molecule has 0 fully saturated rings. The van der Waals surface area contributed by atoms with Gasteiger partial charge >= 0.3 is 5.91 Å². The largest absolute Gasteiger partial charge is 0.307 e. The van der Waals surface area contributed by atoms with Gasteiger partial charge in [0, 0.05) is 0 Å². The molecule has 0 spiro atoms. The summed E-state index contributed by atoms with van der Waals surface area (Å²) in [6.45, 7) is 0.